The Kier molecular flexibility index (Phi) is 5.27. The van der Waals surface area contributed by atoms with Crippen LogP contribution in [0.4, 0.5) is 0 Å². The Bertz CT molecular complexity index is 976. The van der Waals surface area contributed by atoms with Crippen molar-refractivity contribution >= 4 is 17.6 Å². The lowest BCUT2D eigenvalue weighted by Gasteiger charge is -2.29. The number of rotatable bonds is 4. The molecule has 1 aromatic rings. The first-order chi connectivity index (χ1) is 14.3. The summed E-state index contributed by atoms with van der Waals surface area (Å²) >= 11 is 0. The van der Waals surface area contributed by atoms with Gasteiger partial charge in [-0.15, -0.1) is 0 Å². The lowest BCUT2D eigenvalue weighted by atomic mass is 9.81. The Labute approximate surface area is 173 Å². The van der Waals surface area contributed by atoms with Crippen LogP contribution in [0.25, 0.3) is 6.08 Å². The number of aliphatic hydroxyl groups excluding tert-OH is 3. The number of ether oxygens (including phenoxy) is 2. The van der Waals surface area contributed by atoms with Crippen molar-refractivity contribution in [3.05, 3.63) is 45.7 Å². The summed E-state index contributed by atoms with van der Waals surface area (Å²) in [7, 11) is 0. The zero-order chi connectivity index (χ0) is 21.7. The molecule has 0 saturated carbocycles. The second-order valence-electron chi connectivity index (χ2n) is 7.85. The summed E-state index contributed by atoms with van der Waals surface area (Å²) in [6.45, 7) is 3.21. The van der Waals surface area contributed by atoms with Gasteiger partial charge in [0.15, 0.2) is 11.6 Å². The van der Waals surface area contributed by atoms with Crippen molar-refractivity contribution in [3.8, 4) is 5.75 Å². The molecule has 1 aromatic carbocycles. The maximum Gasteiger partial charge on any atom is 0.196 e. The molecule has 0 radical (unpaired) electrons. The third-order valence-corrected chi connectivity index (χ3v) is 5.82. The molecular weight excluding hydrogens is 392 g/mol. The predicted octanol–water partition coefficient (Wildman–Crippen LogP) is 1.41. The number of carbonyl (C=O) groups is 2. The topological polar surface area (TPSA) is 134 Å². The van der Waals surface area contributed by atoms with Crippen LogP contribution in [0.5, 0.6) is 5.75 Å². The Morgan fingerprint density at radius 3 is 2.50 bits per heavy atom. The zero-order valence-electron chi connectivity index (χ0n) is 16.7. The molecule has 0 bridgehead atoms. The second kappa shape index (κ2) is 7.63. The van der Waals surface area contributed by atoms with Crippen molar-refractivity contribution in [2.45, 2.75) is 57.2 Å². The van der Waals surface area contributed by atoms with Gasteiger partial charge in [-0.2, -0.15) is 0 Å². The van der Waals surface area contributed by atoms with Crippen LogP contribution in [-0.2, 0) is 9.47 Å². The summed E-state index contributed by atoms with van der Waals surface area (Å²) in [5.41, 5.74) is 0.810. The maximum atomic E-state index is 13.3. The first-order valence-electron chi connectivity index (χ1n) is 9.96. The number of Topliss-reactive ketones (excluding diaryl/α,β-unsaturated/α-hetero) is 1. The van der Waals surface area contributed by atoms with Crippen molar-refractivity contribution in [2.75, 3.05) is 6.61 Å². The molecule has 2 aliphatic heterocycles. The van der Waals surface area contributed by atoms with Gasteiger partial charge in [-0.1, -0.05) is 13.3 Å². The van der Waals surface area contributed by atoms with Crippen LogP contribution in [-0.4, -0.2) is 63.0 Å². The molecule has 160 valence electrons. The van der Waals surface area contributed by atoms with Crippen LogP contribution in [0.15, 0.2) is 23.5 Å². The molecule has 8 heteroatoms. The minimum absolute atomic E-state index is 0.0629. The van der Waals surface area contributed by atoms with Gasteiger partial charge in [0, 0.05) is 16.7 Å². The normalized spacial score (nSPS) is 30.4. The Balaban J connectivity index is 1.81. The highest BCUT2D eigenvalue weighted by Crippen LogP contribution is 2.45. The van der Waals surface area contributed by atoms with Crippen molar-refractivity contribution in [2.24, 2.45) is 0 Å². The van der Waals surface area contributed by atoms with Gasteiger partial charge in [0.05, 0.1) is 17.9 Å². The van der Waals surface area contributed by atoms with Crippen LogP contribution >= 0.6 is 0 Å². The van der Waals surface area contributed by atoms with Crippen molar-refractivity contribution in [1.29, 1.82) is 0 Å². The van der Waals surface area contributed by atoms with Gasteiger partial charge in [-0.05, 0) is 37.1 Å². The van der Waals surface area contributed by atoms with Crippen molar-refractivity contribution < 1.29 is 39.5 Å². The predicted molar refractivity (Wildman–Crippen MR) is 105 cm³/mol. The van der Waals surface area contributed by atoms with Crippen molar-refractivity contribution in [3.63, 3.8) is 0 Å². The SMILES string of the molecule is CCCC1OC(C)=Cc2cc3c(c(O)c21)C(=O)C(C1OC(CO)C(O)C1O)=CC3=O. The molecule has 3 aliphatic rings. The fourth-order valence-corrected chi connectivity index (χ4v) is 4.38. The highest BCUT2D eigenvalue weighted by atomic mass is 16.6. The van der Waals surface area contributed by atoms with Crippen LogP contribution in [0.2, 0.25) is 0 Å². The summed E-state index contributed by atoms with van der Waals surface area (Å²) < 4.78 is 11.3. The van der Waals surface area contributed by atoms with Crippen LogP contribution in [0.3, 0.4) is 0 Å². The van der Waals surface area contributed by atoms with E-state index in [4.69, 9.17) is 9.47 Å². The third-order valence-electron chi connectivity index (χ3n) is 5.82. The second-order valence-corrected chi connectivity index (χ2v) is 7.85. The molecule has 5 atom stereocenters. The highest BCUT2D eigenvalue weighted by molar-refractivity contribution is 6.26. The molecule has 4 N–H and O–H groups in total. The molecule has 0 aromatic heterocycles. The van der Waals surface area contributed by atoms with Gasteiger partial charge in [-0.3, -0.25) is 9.59 Å². The highest BCUT2D eigenvalue weighted by Gasteiger charge is 2.47. The molecule has 30 heavy (non-hydrogen) atoms. The molecule has 1 aliphatic carbocycles. The average Bonchev–Trinajstić information content (AvgIpc) is 2.98. The minimum Gasteiger partial charge on any atom is -0.507 e. The first-order valence-corrected chi connectivity index (χ1v) is 9.96. The van der Waals surface area contributed by atoms with Gasteiger partial charge in [0.25, 0.3) is 0 Å². The van der Waals surface area contributed by atoms with E-state index < -0.39 is 48.7 Å². The first kappa shape index (κ1) is 20.7. The van der Waals surface area contributed by atoms with E-state index in [1.165, 1.54) is 0 Å². The average molecular weight is 416 g/mol. The molecule has 2 heterocycles. The van der Waals surface area contributed by atoms with E-state index in [0.717, 1.165) is 12.5 Å². The number of carbonyl (C=O) groups excluding carboxylic acids is 2. The van der Waals surface area contributed by atoms with E-state index in [9.17, 15) is 30.0 Å². The molecule has 1 fully saturated rings. The summed E-state index contributed by atoms with van der Waals surface area (Å²) in [4.78, 5) is 26.1. The monoisotopic (exact) mass is 416 g/mol. The lowest BCUT2D eigenvalue weighted by Crippen LogP contribution is -2.36. The number of ketones is 2. The number of aliphatic hydroxyl groups is 3. The smallest absolute Gasteiger partial charge is 0.196 e. The fourth-order valence-electron chi connectivity index (χ4n) is 4.38. The van der Waals surface area contributed by atoms with E-state index in [-0.39, 0.29) is 22.4 Å². The van der Waals surface area contributed by atoms with Crippen LogP contribution in [0.1, 0.15) is 64.6 Å². The number of hydrogen-bond donors (Lipinski definition) is 4. The van der Waals surface area contributed by atoms with Gasteiger partial charge in [0.1, 0.15) is 36.3 Å². The van der Waals surface area contributed by atoms with Gasteiger partial charge in [0.2, 0.25) is 0 Å². The maximum absolute atomic E-state index is 13.3. The van der Waals surface area contributed by atoms with E-state index in [1.807, 2.05) is 6.92 Å². The van der Waals surface area contributed by atoms with Crippen LogP contribution < -0.4 is 0 Å². The Morgan fingerprint density at radius 2 is 1.87 bits per heavy atom. The minimum atomic E-state index is -1.49. The summed E-state index contributed by atoms with van der Waals surface area (Å²) in [6, 6.07) is 1.57. The fraction of sp³-hybridized carbons (Fsp3) is 0.455. The van der Waals surface area contributed by atoms with Gasteiger partial charge >= 0.3 is 0 Å². The number of fused-ring (bicyclic) bond motifs is 2. The number of phenols is 1. The molecule has 1 saturated heterocycles. The van der Waals surface area contributed by atoms with E-state index in [2.05, 4.69) is 0 Å². The molecular formula is C22H24O8. The van der Waals surface area contributed by atoms with E-state index in [0.29, 0.717) is 23.3 Å². The summed E-state index contributed by atoms with van der Waals surface area (Å²) in [5.74, 6) is -0.848. The molecule has 0 spiro atoms. The molecule has 0 amide bonds. The number of allylic oxidation sites excluding steroid dienone is 2. The number of benzene rings is 1. The standard InChI is InChI=1S/C22H24O8/c1-3-4-14-16-10(5-9(2)29-14)6-11-13(24)7-12(18(25)17(11)20(16)27)22-21(28)19(26)15(8-23)30-22/h5-7,14-15,19,21-23,26-28H,3-4,8H2,1-2H3. The quantitative estimate of drug-likeness (QED) is 0.579. The number of hydrogen-bond acceptors (Lipinski definition) is 8. The summed E-state index contributed by atoms with van der Waals surface area (Å²) in [5, 5.41) is 40.6. The molecule has 8 nitrogen and oxygen atoms in total. The Hall–Kier alpha value is -2.52. The molecule has 4 rings (SSSR count). The van der Waals surface area contributed by atoms with Crippen molar-refractivity contribution in [1.82, 2.24) is 0 Å². The number of aromatic hydroxyl groups is 1. The lowest BCUT2D eigenvalue weighted by molar-refractivity contribution is -0.0139. The third kappa shape index (κ3) is 3.07. The van der Waals surface area contributed by atoms with Crippen LogP contribution in [0, 0.1) is 0 Å². The largest absolute Gasteiger partial charge is 0.507 e. The number of phenolic OH excluding ortho intramolecular Hbond substituents is 1. The van der Waals surface area contributed by atoms with Gasteiger partial charge in [-0.25, -0.2) is 0 Å². The van der Waals surface area contributed by atoms with E-state index >= 15 is 0 Å². The summed E-state index contributed by atoms with van der Waals surface area (Å²) in [6.07, 6.45) is -1.54. The Morgan fingerprint density at radius 1 is 1.13 bits per heavy atom. The van der Waals surface area contributed by atoms with Gasteiger partial charge < -0.3 is 29.9 Å². The molecule has 5 unspecified atom stereocenters. The van der Waals surface area contributed by atoms with E-state index in [1.54, 1.807) is 19.1 Å². The zero-order valence-corrected chi connectivity index (χ0v) is 16.7.